The van der Waals surface area contributed by atoms with Crippen molar-refractivity contribution in [3.63, 3.8) is 0 Å². The minimum atomic E-state index is -0.156. The van der Waals surface area contributed by atoms with Crippen LogP contribution < -0.4 is 14.8 Å². The number of aromatic nitrogens is 2. The summed E-state index contributed by atoms with van der Waals surface area (Å²) in [6.45, 7) is 4.08. The molecule has 0 bridgehead atoms. The van der Waals surface area contributed by atoms with Crippen molar-refractivity contribution in [1.29, 1.82) is 0 Å². The van der Waals surface area contributed by atoms with E-state index in [1.54, 1.807) is 24.3 Å². The highest BCUT2D eigenvalue weighted by Crippen LogP contribution is 2.26. The number of nitrogens with zero attached hydrogens (tertiary/aromatic N) is 2. The number of para-hydroxylation sites is 4. The van der Waals surface area contributed by atoms with Gasteiger partial charge in [-0.3, -0.25) is 4.79 Å². The molecule has 1 aromatic heterocycles. The maximum atomic E-state index is 12.4. The zero-order chi connectivity index (χ0) is 23.0. The first-order valence-corrected chi connectivity index (χ1v) is 11.4. The van der Waals surface area contributed by atoms with Gasteiger partial charge < -0.3 is 19.4 Å². The zero-order valence-electron chi connectivity index (χ0n) is 18.5. The summed E-state index contributed by atoms with van der Waals surface area (Å²) in [6, 6.07) is 22.6. The van der Waals surface area contributed by atoms with E-state index >= 15 is 0 Å². The van der Waals surface area contributed by atoms with Gasteiger partial charge in [0.25, 0.3) is 5.91 Å². The van der Waals surface area contributed by atoms with E-state index in [4.69, 9.17) is 26.1 Å². The average molecular weight is 464 g/mol. The number of benzene rings is 3. The van der Waals surface area contributed by atoms with Gasteiger partial charge in [0.05, 0.1) is 24.2 Å². The number of fused-ring (bicyclic) bond motifs is 1. The topological polar surface area (TPSA) is 65.4 Å². The molecular weight excluding hydrogens is 438 g/mol. The van der Waals surface area contributed by atoms with Crippen LogP contribution in [0, 0.1) is 0 Å². The first kappa shape index (κ1) is 22.7. The molecule has 6 nitrogen and oxygen atoms in total. The Morgan fingerprint density at radius 2 is 1.76 bits per heavy atom. The number of rotatable bonds is 10. The highest BCUT2D eigenvalue weighted by Gasteiger charge is 2.12. The van der Waals surface area contributed by atoms with E-state index in [-0.39, 0.29) is 5.91 Å². The molecule has 1 amide bonds. The third-order valence-electron chi connectivity index (χ3n) is 5.18. The minimum Gasteiger partial charge on any atom is -0.490 e. The van der Waals surface area contributed by atoms with Crippen LogP contribution in [0.2, 0.25) is 5.02 Å². The Morgan fingerprint density at radius 3 is 2.55 bits per heavy atom. The molecule has 0 atom stereocenters. The number of halogens is 1. The van der Waals surface area contributed by atoms with Crippen LogP contribution in [0.15, 0.2) is 72.8 Å². The molecule has 0 spiro atoms. The monoisotopic (exact) mass is 463 g/mol. The third-order valence-corrected chi connectivity index (χ3v) is 5.41. The standard InChI is InChI=1S/C26H26ClN3O3/c1-2-32-23-12-5-6-13-24(23)33-17-16-30-22-11-4-3-10-21(22)29-25(30)14-15-28-26(31)19-8-7-9-20(27)18-19/h3-13,18H,2,14-17H2,1H3,(H,28,31). The Balaban J connectivity index is 1.43. The summed E-state index contributed by atoms with van der Waals surface area (Å²) in [5.41, 5.74) is 2.50. The van der Waals surface area contributed by atoms with Crippen LogP contribution >= 0.6 is 11.6 Å². The number of carbonyl (C=O) groups is 1. The van der Waals surface area contributed by atoms with Gasteiger partial charge in [0, 0.05) is 23.6 Å². The van der Waals surface area contributed by atoms with Gasteiger partial charge in [-0.25, -0.2) is 4.98 Å². The van der Waals surface area contributed by atoms with Crippen LogP contribution in [0.5, 0.6) is 11.5 Å². The first-order valence-electron chi connectivity index (χ1n) is 11.0. The molecule has 0 aliphatic carbocycles. The molecule has 0 saturated carbocycles. The lowest BCUT2D eigenvalue weighted by molar-refractivity contribution is 0.0954. The maximum absolute atomic E-state index is 12.4. The SMILES string of the molecule is CCOc1ccccc1OCCn1c(CCNC(=O)c2cccc(Cl)c2)nc2ccccc21. The average Bonchev–Trinajstić information content (AvgIpc) is 3.17. The summed E-state index contributed by atoms with van der Waals surface area (Å²) in [4.78, 5) is 17.2. The molecular formula is C26H26ClN3O3. The van der Waals surface area contributed by atoms with E-state index in [2.05, 4.69) is 9.88 Å². The minimum absolute atomic E-state index is 0.156. The van der Waals surface area contributed by atoms with Crippen LogP contribution in [0.3, 0.4) is 0 Å². The molecule has 3 aromatic carbocycles. The van der Waals surface area contributed by atoms with Crippen LogP contribution in [0.4, 0.5) is 0 Å². The highest BCUT2D eigenvalue weighted by atomic mass is 35.5. The predicted octanol–water partition coefficient (Wildman–Crippen LogP) is 5.14. The lowest BCUT2D eigenvalue weighted by Crippen LogP contribution is -2.26. The molecule has 0 fully saturated rings. The molecule has 4 aromatic rings. The summed E-state index contributed by atoms with van der Waals surface area (Å²) < 4.78 is 13.8. The van der Waals surface area contributed by atoms with E-state index in [9.17, 15) is 4.79 Å². The quantitative estimate of drug-likeness (QED) is 0.353. The zero-order valence-corrected chi connectivity index (χ0v) is 19.2. The van der Waals surface area contributed by atoms with Gasteiger partial charge in [0.15, 0.2) is 11.5 Å². The molecule has 1 heterocycles. The van der Waals surface area contributed by atoms with Gasteiger partial charge >= 0.3 is 0 Å². The van der Waals surface area contributed by atoms with Crippen LogP contribution in [-0.4, -0.2) is 35.2 Å². The fourth-order valence-corrected chi connectivity index (χ4v) is 3.87. The van der Waals surface area contributed by atoms with Crippen molar-refractivity contribution in [3.05, 3.63) is 89.2 Å². The van der Waals surface area contributed by atoms with Crippen molar-refractivity contribution in [3.8, 4) is 11.5 Å². The fourth-order valence-electron chi connectivity index (χ4n) is 3.68. The summed E-state index contributed by atoms with van der Waals surface area (Å²) in [5, 5.41) is 3.49. The number of hydrogen-bond donors (Lipinski definition) is 1. The second kappa shape index (κ2) is 10.9. The van der Waals surface area contributed by atoms with Crippen LogP contribution in [0.1, 0.15) is 23.1 Å². The van der Waals surface area contributed by atoms with E-state index in [0.717, 1.165) is 28.4 Å². The highest BCUT2D eigenvalue weighted by molar-refractivity contribution is 6.30. The first-order chi connectivity index (χ1) is 16.2. The van der Waals surface area contributed by atoms with E-state index in [0.29, 0.717) is 43.3 Å². The van der Waals surface area contributed by atoms with E-state index < -0.39 is 0 Å². The van der Waals surface area contributed by atoms with E-state index in [1.807, 2.05) is 55.5 Å². The number of ether oxygens (including phenoxy) is 2. The molecule has 1 N–H and O–H groups in total. The molecule has 0 radical (unpaired) electrons. The van der Waals surface area contributed by atoms with Gasteiger partial charge in [0.1, 0.15) is 12.4 Å². The van der Waals surface area contributed by atoms with Crippen LogP contribution in [0.25, 0.3) is 11.0 Å². The Morgan fingerprint density at radius 1 is 1.00 bits per heavy atom. The van der Waals surface area contributed by atoms with Gasteiger partial charge in [0.2, 0.25) is 0 Å². The molecule has 0 saturated heterocycles. The van der Waals surface area contributed by atoms with Gasteiger partial charge in [-0.2, -0.15) is 0 Å². The molecule has 170 valence electrons. The second-order valence-electron chi connectivity index (χ2n) is 7.41. The summed E-state index contributed by atoms with van der Waals surface area (Å²) >= 11 is 5.99. The maximum Gasteiger partial charge on any atom is 0.251 e. The van der Waals surface area contributed by atoms with Gasteiger partial charge in [-0.05, 0) is 49.4 Å². The van der Waals surface area contributed by atoms with Gasteiger partial charge in [-0.15, -0.1) is 0 Å². The molecule has 0 unspecified atom stereocenters. The number of carbonyl (C=O) groups excluding carboxylic acids is 1. The smallest absolute Gasteiger partial charge is 0.251 e. The van der Waals surface area contributed by atoms with Crippen molar-refractivity contribution in [2.24, 2.45) is 0 Å². The predicted molar refractivity (Wildman–Crippen MR) is 130 cm³/mol. The Bertz CT molecular complexity index is 1240. The van der Waals surface area contributed by atoms with Crippen molar-refractivity contribution in [2.75, 3.05) is 19.8 Å². The Labute approximate surface area is 198 Å². The van der Waals surface area contributed by atoms with E-state index in [1.165, 1.54) is 0 Å². The largest absolute Gasteiger partial charge is 0.490 e. The number of amides is 1. The van der Waals surface area contributed by atoms with Crippen LogP contribution in [-0.2, 0) is 13.0 Å². The summed E-state index contributed by atoms with van der Waals surface area (Å²) in [7, 11) is 0. The lowest BCUT2D eigenvalue weighted by atomic mass is 10.2. The van der Waals surface area contributed by atoms with Gasteiger partial charge in [-0.1, -0.05) is 41.9 Å². The third kappa shape index (κ3) is 5.65. The van der Waals surface area contributed by atoms with Crippen molar-refractivity contribution in [2.45, 2.75) is 19.9 Å². The fraction of sp³-hybridized carbons (Fsp3) is 0.231. The number of hydrogen-bond acceptors (Lipinski definition) is 4. The second-order valence-corrected chi connectivity index (χ2v) is 7.85. The molecule has 4 rings (SSSR count). The molecule has 7 heteroatoms. The normalized spacial score (nSPS) is 10.8. The van der Waals surface area contributed by atoms with Crippen molar-refractivity contribution in [1.82, 2.24) is 14.9 Å². The lowest BCUT2D eigenvalue weighted by Gasteiger charge is -2.14. The number of imidazole rings is 1. The Kier molecular flexibility index (Phi) is 7.47. The molecule has 33 heavy (non-hydrogen) atoms. The Hall–Kier alpha value is -3.51. The summed E-state index contributed by atoms with van der Waals surface area (Å²) in [6.07, 6.45) is 0.594. The number of nitrogens with one attached hydrogen (secondary N) is 1. The molecule has 0 aliphatic rings. The summed E-state index contributed by atoms with van der Waals surface area (Å²) in [5.74, 6) is 2.19. The molecule has 0 aliphatic heterocycles. The van der Waals surface area contributed by atoms with Crippen molar-refractivity contribution < 1.29 is 14.3 Å². The van der Waals surface area contributed by atoms with Crippen molar-refractivity contribution >= 4 is 28.5 Å².